The minimum Gasteiger partial charge on any atom is -0.310 e. The van der Waals surface area contributed by atoms with Crippen molar-refractivity contribution in [2.24, 2.45) is 0 Å². The average Bonchev–Trinajstić information content (AvgIpc) is 2.83. The van der Waals surface area contributed by atoms with Crippen LogP contribution in [0.1, 0.15) is 22.1 Å². The van der Waals surface area contributed by atoms with Crippen LogP contribution in [0.25, 0.3) is 5.69 Å². The second kappa shape index (κ2) is 6.69. The predicted octanol–water partition coefficient (Wildman–Crippen LogP) is 4.72. The SMILES string of the molecule is Cc1nn(-c2ccccc2)c2c1C(c1ccc(Br)cc1)SCC(=O)N2. The molecule has 1 atom stereocenters. The van der Waals surface area contributed by atoms with Crippen LogP contribution < -0.4 is 5.32 Å². The smallest absolute Gasteiger partial charge is 0.235 e. The number of carbonyl (C=O) groups is 1. The minimum absolute atomic E-state index is 0.00272. The lowest BCUT2D eigenvalue weighted by atomic mass is 10.0. The maximum atomic E-state index is 12.3. The molecule has 1 aromatic heterocycles. The Morgan fingerprint density at radius 1 is 1.16 bits per heavy atom. The monoisotopic (exact) mass is 413 g/mol. The van der Waals surface area contributed by atoms with Crippen LogP contribution in [0.2, 0.25) is 0 Å². The van der Waals surface area contributed by atoms with Crippen molar-refractivity contribution >= 4 is 39.4 Å². The largest absolute Gasteiger partial charge is 0.310 e. The van der Waals surface area contributed by atoms with Crippen molar-refractivity contribution in [3.63, 3.8) is 0 Å². The summed E-state index contributed by atoms with van der Waals surface area (Å²) in [6.07, 6.45) is 0. The summed E-state index contributed by atoms with van der Waals surface area (Å²) >= 11 is 5.12. The fourth-order valence-electron chi connectivity index (χ4n) is 3.04. The van der Waals surface area contributed by atoms with Gasteiger partial charge in [-0.15, -0.1) is 11.8 Å². The van der Waals surface area contributed by atoms with Crippen molar-refractivity contribution in [3.05, 3.63) is 75.9 Å². The highest BCUT2D eigenvalue weighted by molar-refractivity contribution is 9.10. The Bertz CT molecular complexity index is 922. The third kappa shape index (κ3) is 3.12. The molecule has 3 aromatic rings. The van der Waals surface area contributed by atoms with Crippen molar-refractivity contribution in [1.82, 2.24) is 9.78 Å². The van der Waals surface area contributed by atoms with Crippen LogP contribution >= 0.6 is 27.7 Å². The second-order valence-corrected chi connectivity index (χ2v) is 7.89. The molecule has 1 unspecified atom stereocenters. The molecular weight excluding hydrogens is 398 g/mol. The van der Waals surface area contributed by atoms with Crippen molar-refractivity contribution in [2.45, 2.75) is 12.2 Å². The number of nitrogens with zero attached hydrogens (tertiary/aromatic N) is 2. The summed E-state index contributed by atoms with van der Waals surface area (Å²) in [5.41, 5.74) is 4.11. The van der Waals surface area contributed by atoms with Crippen molar-refractivity contribution < 1.29 is 4.79 Å². The van der Waals surface area contributed by atoms with E-state index in [0.717, 1.165) is 27.2 Å². The number of benzene rings is 2. The molecule has 4 rings (SSSR count). The molecule has 4 nitrogen and oxygen atoms in total. The number of anilines is 1. The molecule has 0 saturated carbocycles. The van der Waals surface area contributed by atoms with Crippen LogP contribution in [-0.2, 0) is 4.79 Å². The van der Waals surface area contributed by atoms with Gasteiger partial charge in [0.1, 0.15) is 5.82 Å². The van der Waals surface area contributed by atoms with Gasteiger partial charge in [-0.05, 0) is 36.8 Å². The lowest BCUT2D eigenvalue weighted by Crippen LogP contribution is -2.15. The van der Waals surface area contributed by atoms with E-state index < -0.39 is 0 Å². The molecule has 0 spiro atoms. The van der Waals surface area contributed by atoms with Crippen LogP contribution in [0.5, 0.6) is 0 Å². The first-order valence-electron chi connectivity index (χ1n) is 7.95. The summed E-state index contributed by atoms with van der Waals surface area (Å²) in [4.78, 5) is 12.3. The molecule has 0 bridgehead atoms. The zero-order valence-corrected chi connectivity index (χ0v) is 16.0. The lowest BCUT2D eigenvalue weighted by molar-refractivity contribution is -0.113. The molecule has 1 aliphatic rings. The summed E-state index contributed by atoms with van der Waals surface area (Å²) in [6.45, 7) is 2.00. The molecule has 6 heteroatoms. The van der Waals surface area contributed by atoms with Crippen molar-refractivity contribution in [3.8, 4) is 5.69 Å². The number of amides is 1. The quantitative estimate of drug-likeness (QED) is 0.660. The lowest BCUT2D eigenvalue weighted by Gasteiger charge is -2.15. The van der Waals surface area contributed by atoms with Gasteiger partial charge in [-0.2, -0.15) is 5.10 Å². The number of nitrogens with one attached hydrogen (secondary N) is 1. The van der Waals surface area contributed by atoms with Gasteiger partial charge in [0.05, 0.1) is 22.4 Å². The molecule has 126 valence electrons. The molecule has 1 N–H and O–H groups in total. The molecule has 0 aliphatic carbocycles. The Morgan fingerprint density at radius 3 is 2.60 bits per heavy atom. The van der Waals surface area contributed by atoms with Crippen LogP contribution in [0.3, 0.4) is 0 Å². The van der Waals surface area contributed by atoms with E-state index in [4.69, 9.17) is 5.10 Å². The second-order valence-electron chi connectivity index (χ2n) is 5.89. The first-order valence-corrected chi connectivity index (χ1v) is 9.79. The van der Waals surface area contributed by atoms with Gasteiger partial charge in [-0.25, -0.2) is 4.68 Å². The van der Waals surface area contributed by atoms with E-state index in [1.54, 1.807) is 11.8 Å². The third-order valence-corrected chi connectivity index (χ3v) is 5.98. The number of halogens is 1. The summed E-state index contributed by atoms with van der Waals surface area (Å²) in [5, 5.41) is 7.83. The van der Waals surface area contributed by atoms with Gasteiger partial charge < -0.3 is 5.32 Å². The van der Waals surface area contributed by atoms with Crippen LogP contribution in [0, 0.1) is 6.92 Å². The summed E-state index contributed by atoms with van der Waals surface area (Å²) in [6, 6.07) is 18.2. The Labute approximate surface area is 158 Å². The van der Waals surface area contributed by atoms with Crippen LogP contribution in [-0.4, -0.2) is 21.4 Å². The van der Waals surface area contributed by atoms with E-state index in [1.165, 1.54) is 5.56 Å². The number of para-hydroxylation sites is 1. The zero-order valence-electron chi connectivity index (χ0n) is 13.6. The number of hydrogen-bond acceptors (Lipinski definition) is 3. The number of carbonyl (C=O) groups excluding carboxylic acids is 1. The Hall–Kier alpha value is -2.05. The Morgan fingerprint density at radius 2 is 1.88 bits per heavy atom. The minimum atomic E-state index is 0.00272. The number of aromatic nitrogens is 2. The van der Waals surface area contributed by atoms with E-state index >= 15 is 0 Å². The topological polar surface area (TPSA) is 46.9 Å². The molecular formula is C19H16BrN3OS. The van der Waals surface area contributed by atoms with Gasteiger partial charge in [0.2, 0.25) is 5.91 Å². The number of rotatable bonds is 2. The number of aryl methyl sites for hydroxylation is 1. The molecule has 0 radical (unpaired) electrons. The molecule has 2 heterocycles. The fourth-order valence-corrected chi connectivity index (χ4v) is 4.49. The van der Waals surface area contributed by atoms with Gasteiger partial charge in [0, 0.05) is 10.0 Å². The molecule has 1 amide bonds. The standard InChI is InChI=1S/C19H16BrN3OS/c1-12-17-18(13-7-9-14(20)10-8-13)25-11-16(24)21-19(17)23(22-12)15-5-3-2-4-6-15/h2-10,18H,11H2,1H3,(H,21,24). The zero-order chi connectivity index (χ0) is 17.4. The average molecular weight is 414 g/mol. The van der Waals surface area contributed by atoms with Crippen molar-refractivity contribution in [1.29, 1.82) is 0 Å². The fraction of sp³-hybridized carbons (Fsp3) is 0.158. The summed E-state index contributed by atoms with van der Waals surface area (Å²) in [5.74, 6) is 1.19. The van der Waals surface area contributed by atoms with E-state index in [9.17, 15) is 4.79 Å². The van der Waals surface area contributed by atoms with E-state index in [0.29, 0.717) is 5.75 Å². The number of fused-ring (bicyclic) bond motifs is 1. The van der Waals surface area contributed by atoms with E-state index in [-0.39, 0.29) is 11.2 Å². The number of thioether (sulfide) groups is 1. The first-order chi connectivity index (χ1) is 12.1. The highest BCUT2D eigenvalue weighted by Crippen LogP contribution is 2.43. The number of hydrogen-bond donors (Lipinski definition) is 1. The van der Waals surface area contributed by atoms with Gasteiger partial charge >= 0.3 is 0 Å². The first kappa shape index (κ1) is 16.4. The molecule has 0 fully saturated rings. The van der Waals surface area contributed by atoms with Crippen LogP contribution in [0.15, 0.2) is 59.1 Å². The highest BCUT2D eigenvalue weighted by atomic mass is 79.9. The van der Waals surface area contributed by atoms with Crippen LogP contribution in [0.4, 0.5) is 5.82 Å². The normalized spacial score (nSPS) is 16.9. The molecule has 0 saturated heterocycles. The van der Waals surface area contributed by atoms with E-state index in [1.807, 2.05) is 54.1 Å². The third-order valence-electron chi connectivity index (χ3n) is 4.18. The van der Waals surface area contributed by atoms with Gasteiger partial charge in [-0.1, -0.05) is 46.3 Å². The maximum Gasteiger partial charge on any atom is 0.235 e. The van der Waals surface area contributed by atoms with Crippen molar-refractivity contribution in [2.75, 3.05) is 11.1 Å². The predicted molar refractivity (Wildman–Crippen MR) is 105 cm³/mol. The van der Waals surface area contributed by atoms with Gasteiger partial charge in [-0.3, -0.25) is 4.79 Å². The maximum absolute atomic E-state index is 12.3. The Kier molecular flexibility index (Phi) is 4.39. The molecule has 25 heavy (non-hydrogen) atoms. The Balaban J connectivity index is 1.88. The molecule has 2 aromatic carbocycles. The molecule has 1 aliphatic heterocycles. The van der Waals surface area contributed by atoms with E-state index in [2.05, 4.69) is 33.4 Å². The summed E-state index contributed by atoms with van der Waals surface area (Å²) in [7, 11) is 0. The highest BCUT2D eigenvalue weighted by Gasteiger charge is 2.30. The summed E-state index contributed by atoms with van der Waals surface area (Å²) < 4.78 is 2.88. The van der Waals surface area contributed by atoms with Gasteiger partial charge in [0.15, 0.2) is 0 Å². The van der Waals surface area contributed by atoms with Gasteiger partial charge in [0.25, 0.3) is 0 Å².